The van der Waals surface area contributed by atoms with E-state index in [1.807, 2.05) is 19.2 Å². The summed E-state index contributed by atoms with van der Waals surface area (Å²) in [5.74, 6) is 1.26. The van der Waals surface area contributed by atoms with Crippen molar-refractivity contribution in [2.24, 2.45) is 0 Å². The molecule has 0 saturated carbocycles. The number of carbonyl (C=O) groups is 1. The molecule has 0 N–H and O–H groups in total. The third kappa shape index (κ3) is 2.86. The van der Waals surface area contributed by atoms with E-state index >= 15 is 0 Å². The predicted octanol–water partition coefficient (Wildman–Crippen LogP) is 1.84. The number of hydrogen-bond donors (Lipinski definition) is 0. The minimum absolute atomic E-state index is 0.202. The second-order valence-corrected chi connectivity index (χ2v) is 6.43. The van der Waals surface area contributed by atoms with Crippen LogP contribution in [0.15, 0.2) is 30.5 Å². The molecule has 1 aromatic carbocycles. The molecule has 0 bridgehead atoms. The lowest BCUT2D eigenvalue weighted by Crippen LogP contribution is -2.43. The number of benzene rings is 1. The molecule has 0 aliphatic heterocycles. The standard InChI is InChI=1S/C18H16N4O3S/c1-11-8-21(15(9-26-10-19)12(2)16(11)25-3)17-20-13-6-4-5-7-14(13)22(17)18(23)24/h4-8H,9H2,1-3H3. The number of thioether (sulfide) groups is 1. The Labute approximate surface area is 154 Å². The van der Waals surface area contributed by atoms with Gasteiger partial charge in [-0.25, -0.2) is 4.57 Å². The molecule has 0 amide bonds. The molecule has 2 heterocycles. The molecular weight excluding hydrogens is 352 g/mol. The molecule has 2 aromatic heterocycles. The molecule has 0 atom stereocenters. The third-order valence-corrected chi connectivity index (χ3v) is 4.71. The molecule has 132 valence electrons. The zero-order valence-corrected chi connectivity index (χ0v) is 15.3. The maximum atomic E-state index is 11.8. The molecule has 26 heavy (non-hydrogen) atoms. The Morgan fingerprint density at radius 2 is 2.15 bits per heavy atom. The number of nitriles is 1. The maximum Gasteiger partial charge on any atom is 0.410 e. The van der Waals surface area contributed by atoms with Gasteiger partial charge in [0.15, 0.2) is 11.0 Å². The number of pyridine rings is 1. The van der Waals surface area contributed by atoms with Gasteiger partial charge in [0.05, 0.1) is 19.1 Å². The maximum absolute atomic E-state index is 11.8. The van der Waals surface area contributed by atoms with Gasteiger partial charge in [0.25, 0.3) is 0 Å². The molecule has 0 spiro atoms. The van der Waals surface area contributed by atoms with E-state index in [-0.39, 0.29) is 5.95 Å². The number of ether oxygens (including phenoxy) is 1. The lowest BCUT2D eigenvalue weighted by atomic mass is 10.1. The van der Waals surface area contributed by atoms with Gasteiger partial charge in [0.1, 0.15) is 16.8 Å². The number of para-hydroxylation sites is 2. The van der Waals surface area contributed by atoms with E-state index < -0.39 is 6.09 Å². The Morgan fingerprint density at radius 3 is 2.81 bits per heavy atom. The van der Waals surface area contributed by atoms with Gasteiger partial charge in [-0.05, 0) is 37.7 Å². The van der Waals surface area contributed by atoms with Gasteiger partial charge in [0.2, 0.25) is 6.09 Å². The van der Waals surface area contributed by atoms with E-state index in [2.05, 4.69) is 4.98 Å². The lowest BCUT2D eigenvalue weighted by molar-refractivity contribution is -0.612. The predicted molar refractivity (Wildman–Crippen MR) is 95.0 cm³/mol. The van der Waals surface area contributed by atoms with Crippen LogP contribution in [0.3, 0.4) is 0 Å². The minimum atomic E-state index is -1.37. The summed E-state index contributed by atoms with van der Waals surface area (Å²) < 4.78 is 8.19. The monoisotopic (exact) mass is 368 g/mol. The molecule has 8 heteroatoms. The van der Waals surface area contributed by atoms with Gasteiger partial charge in [-0.3, -0.25) is 0 Å². The van der Waals surface area contributed by atoms with Gasteiger partial charge in [0, 0.05) is 11.1 Å². The van der Waals surface area contributed by atoms with Crippen LogP contribution >= 0.6 is 11.8 Å². The highest BCUT2D eigenvalue weighted by Gasteiger charge is 2.27. The second-order valence-electron chi connectivity index (χ2n) is 5.67. The summed E-state index contributed by atoms with van der Waals surface area (Å²) in [6.07, 6.45) is 0.394. The van der Waals surface area contributed by atoms with E-state index in [1.54, 1.807) is 42.1 Å². The first kappa shape index (κ1) is 17.8. The number of rotatable bonds is 4. The number of carbonyl (C=O) groups excluding carboxylic acids is 1. The fraction of sp³-hybridized carbons (Fsp3) is 0.222. The highest BCUT2D eigenvalue weighted by atomic mass is 32.2. The Balaban J connectivity index is 2.37. The van der Waals surface area contributed by atoms with Gasteiger partial charge in [-0.2, -0.15) is 9.83 Å². The van der Waals surface area contributed by atoms with Crippen molar-refractivity contribution in [3.05, 3.63) is 47.3 Å². The van der Waals surface area contributed by atoms with Gasteiger partial charge in [-0.15, -0.1) is 0 Å². The molecule has 7 nitrogen and oxygen atoms in total. The first-order valence-electron chi connectivity index (χ1n) is 7.78. The number of carboxylic acid groups (broad SMARTS) is 1. The Hall–Kier alpha value is -3.05. The fourth-order valence-corrected chi connectivity index (χ4v) is 3.62. The largest absolute Gasteiger partial charge is 0.517 e. The Kier molecular flexibility index (Phi) is 4.82. The fourth-order valence-electron chi connectivity index (χ4n) is 3.06. The quantitative estimate of drug-likeness (QED) is 0.515. The Morgan fingerprint density at radius 1 is 1.42 bits per heavy atom. The van der Waals surface area contributed by atoms with Crippen LogP contribution in [0, 0.1) is 24.5 Å². The molecule has 0 saturated heterocycles. The topological polar surface area (TPSA) is 94.8 Å². The number of thiocyanates is 1. The first-order valence-corrected chi connectivity index (χ1v) is 8.77. The summed E-state index contributed by atoms with van der Waals surface area (Å²) in [5, 5.41) is 22.8. The van der Waals surface area contributed by atoms with Crippen LogP contribution < -0.4 is 14.4 Å². The molecular formula is C18H16N4O3S. The van der Waals surface area contributed by atoms with Gasteiger partial charge < -0.3 is 14.6 Å². The number of hydrogen-bond acceptors (Lipinski definition) is 6. The van der Waals surface area contributed by atoms with Crippen LogP contribution in [0.25, 0.3) is 17.0 Å². The normalized spacial score (nSPS) is 10.7. The van der Waals surface area contributed by atoms with Crippen LogP contribution in [-0.2, 0) is 5.75 Å². The van der Waals surface area contributed by atoms with Crippen molar-refractivity contribution < 1.29 is 19.2 Å². The highest BCUT2D eigenvalue weighted by molar-refractivity contribution is 8.02. The smallest absolute Gasteiger partial charge is 0.410 e. The summed E-state index contributed by atoms with van der Waals surface area (Å²) in [7, 11) is 1.58. The summed E-state index contributed by atoms with van der Waals surface area (Å²) in [4.78, 5) is 16.3. The number of aryl methyl sites for hydroxylation is 1. The number of fused-ring (bicyclic) bond motifs is 1. The van der Waals surface area contributed by atoms with Crippen LogP contribution in [-0.4, -0.2) is 22.8 Å². The molecule has 0 unspecified atom stereocenters. The number of imidazole rings is 1. The molecule has 0 fully saturated rings. The molecule has 3 aromatic rings. The van der Waals surface area contributed by atoms with Crippen molar-refractivity contribution >= 4 is 28.9 Å². The van der Waals surface area contributed by atoms with E-state index in [0.29, 0.717) is 22.5 Å². The average molecular weight is 368 g/mol. The highest BCUT2D eigenvalue weighted by Crippen LogP contribution is 2.27. The Bertz CT molecular complexity index is 1050. The van der Waals surface area contributed by atoms with Crippen molar-refractivity contribution in [3.8, 4) is 17.1 Å². The zero-order chi connectivity index (χ0) is 18.8. The van der Waals surface area contributed by atoms with Crippen molar-refractivity contribution in [2.75, 3.05) is 7.11 Å². The minimum Gasteiger partial charge on any atom is -0.517 e. The summed E-state index contributed by atoms with van der Waals surface area (Å²) in [5.41, 5.74) is 3.38. The van der Waals surface area contributed by atoms with Crippen LogP contribution in [0.4, 0.5) is 4.79 Å². The molecule has 0 aliphatic rings. The van der Waals surface area contributed by atoms with E-state index in [9.17, 15) is 9.90 Å². The average Bonchev–Trinajstić information content (AvgIpc) is 3.00. The SMILES string of the molecule is COc1c(C)c[n+](-c2nc3ccccc3n2C(=O)[O-])c(CSC#N)c1C. The van der Waals surface area contributed by atoms with E-state index in [4.69, 9.17) is 10.00 Å². The van der Waals surface area contributed by atoms with E-state index in [0.717, 1.165) is 33.1 Å². The van der Waals surface area contributed by atoms with Crippen LogP contribution in [0.2, 0.25) is 0 Å². The van der Waals surface area contributed by atoms with Crippen molar-refractivity contribution in [2.45, 2.75) is 19.6 Å². The number of methoxy groups -OCH3 is 1. The van der Waals surface area contributed by atoms with Crippen molar-refractivity contribution in [1.82, 2.24) is 9.55 Å². The lowest BCUT2D eigenvalue weighted by Gasteiger charge is -2.15. The third-order valence-electron chi connectivity index (χ3n) is 4.16. The molecule has 3 rings (SSSR count). The van der Waals surface area contributed by atoms with Crippen molar-refractivity contribution in [3.63, 3.8) is 0 Å². The van der Waals surface area contributed by atoms with E-state index in [1.165, 1.54) is 0 Å². The number of nitrogens with zero attached hydrogens (tertiary/aromatic N) is 4. The van der Waals surface area contributed by atoms with Crippen molar-refractivity contribution in [1.29, 1.82) is 5.26 Å². The zero-order valence-electron chi connectivity index (χ0n) is 14.5. The summed E-state index contributed by atoms with van der Waals surface area (Å²) in [6, 6.07) is 6.95. The van der Waals surface area contributed by atoms with Crippen LogP contribution in [0.1, 0.15) is 16.8 Å². The molecule has 0 radical (unpaired) electrons. The molecule has 0 aliphatic carbocycles. The summed E-state index contributed by atoms with van der Waals surface area (Å²) >= 11 is 1.06. The second kappa shape index (κ2) is 7.06. The van der Waals surface area contributed by atoms with Gasteiger partial charge >= 0.3 is 5.95 Å². The van der Waals surface area contributed by atoms with Crippen LogP contribution in [0.5, 0.6) is 5.75 Å². The first-order chi connectivity index (χ1) is 12.5. The van der Waals surface area contributed by atoms with Gasteiger partial charge in [-0.1, -0.05) is 17.1 Å². The number of aromatic nitrogens is 3. The summed E-state index contributed by atoms with van der Waals surface area (Å²) in [6.45, 7) is 3.75.